The van der Waals surface area contributed by atoms with Crippen LogP contribution in [0.25, 0.3) is 0 Å². The highest BCUT2D eigenvalue weighted by molar-refractivity contribution is 5.68. The Morgan fingerprint density at radius 3 is 0.991 bits per heavy atom. The number of hydrogen-bond donors (Lipinski definition) is 0. The second kappa shape index (κ2) is 38.3. The Balaban J connectivity index is 0.000000108. The number of fused-ring (bicyclic) bond motifs is 15. The third-order valence-corrected chi connectivity index (χ3v) is 28.3. The molecule has 5 aliphatic heterocycles. The minimum atomic E-state index is 0.706. The highest BCUT2D eigenvalue weighted by Crippen LogP contribution is 2.53. The fourth-order valence-electron chi connectivity index (χ4n) is 22.6. The molecule has 20 rings (SSSR count). The van der Waals surface area contributed by atoms with Crippen molar-refractivity contribution < 1.29 is 0 Å². The van der Waals surface area contributed by atoms with Crippen molar-refractivity contribution in [1.82, 2.24) is 19.9 Å². The van der Waals surface area contributed by atoms with Gasteiger partial charge in [0.2, 0.25) is 0 Å². The summed E-state index contributed by atoms with van der Waals surface area (Å²) in [6.07, 6.45) is 50.5. The van der Waals surface area contributed by atoms with E-state index in [2.05, 4.69) is 250 Å². The number of rotatable bonds is 14. The Hall–Kier alpha value is -9.08. The number of aromatic nitrogens is 4. The van der Waals surface area contributed by atoms with E-state index in [1.54, 1.807) is 27.8 Å². The van der Waals surface area contributed by atoms with Gasteiger partial charge in [-0.05, 0) is 242 Å². The predicted molar refractivity (Wildman–Crippen MR) is 482 cm³/mol. The molecule has 9 heteroatoms. The van der Waals surface area contributed by atoms with Crippen molar-refractivity contribution in [3.63, 3.8) is 0 Å². The van der Waals surface area contributed by atoms with Crippen LogP contribution in [0.3, 0.4) is 0 Å². The molecule has 9 heterocycles. The van der Waals surface area contributed by atoms with E-state index in [1.165, 1.54) is 245 Å². The average Bonchev–Trinajstić information content (AvgIpc) is 1.64. The van der Waals surface area contributed by atoms with Crippen molar-refractivity contribution >= 4 is 28.4 Å². The molecular weight excluding hydrogens is 1400 g/mol. The van der Waals surface area contributed by atoms with E-state index in [-0.39, 0.29) is 0 Å². The number of hydrogen-bond acceptors (Lipinski definition) is 9. The van der Waals surface area contributed by atoms with Gasteiger partial charge in [0, 0.05) is 176 Å². The highest BCUT2D eigenvalue weighted by atomic mass is 15.2. The largest absolute Gasteiger partial charge is 0.367 e. The monoisotopic (exact) mass is 1530 g/mol. The Labute approximate surface area is 691 Å². The first-order valence-electron chi connectivity index (χ1n) is 45.5. The fraction of sp³-hybridized carbons (Fsp3) is 0.472. The SMILES string of the molecule is Cc1ccc2c(c1)[C@@H]1CCCCC[C@@H]1N2CCc1ccc(C)nc1.Cc1ccc2c(c1)[C@@H]1CCCCC[C@@H]1N2CCc1ccccn1.Cc1ccc2c(c1)[C@@H]1CCCCC[C@@H]1N2CCc1cccnc1.Cc1ccc2c(c1)[C@@H]1CCCCC[C@@H]1N2CCc1ccncc1.Cc1ccc2c(c1)[C@@H]1CCCCC[C@@H]1N2Cc1ccccc1. The summed E-state index contributed by atoms with van der Waals surface area (Å²) >= 11 is 0. The van der Waals surface area contributed by atoms with Crippen LogP contribution in [0.4, 0.5) is 28.4 Å². The summed E-state index contributed by atoms with van der Waals surface area (Å²) in [5, 5.41) is 0. The van der Waals surface area contributed by atoms with Crippen molar-refractivity contribution in [2.24, 2.45) is 0 Å². The molecule has 9 nitrogen and oxygen atoms in total. The van der Waals surface area contributed by atoms with Gasteiger partial charge in [0.05, 0.1) is 0 Å². The van der Waals surface area contributed by atoms with Gasteiger partial charge in [0.15, 0.2) is 0 Å². The number of aryl methyl sites for hydroxylation is 6. The lowest BCUT2D eigenvalue weighted by Gasteiger charge is -2.29. The normalized spacial score (nSPS) is 23.3. The molecule has 0 unspecified atom stereocenters. The number of anilines is 5. The molecule has 0 amide bonds. The van der Waals surface area contributed by atoms with Crippen LogP contribution in [0.15, 0.2) is 213 Å². The summed E-state index contributed by atoms with van der Waals surface area (Å²) in [5.41, 5.74) is 30.4. The summed E-state index contributed by atoms with van der Waals surface area (Å²) in [6, 6.07) is 69.1. The molecule has 10 aliphatic rings. The first-order chi connectivity index (χ1) is 56.5. The molecular formula is C106H131N9. The Kier molecular flexibility index (Phi) is 26.6. The van der Waals surface area contributed by atoms with E-state index in [0.29, 0.717) is 24.2 Å². The second-order valence-corrected chi connectivity index (χ2v) is 36.1. The minimum Gasteiger partial charge on any atom is -0.367 e. The lowest BCUT2D eigenvalue weighted by atomic mass is 9.90. The summed E-state index contributed by atoms with van der Waals surface area (Å²) in [6.45, 7) is 18.7. The van der Waals surface area contributed by atoms with E-state index < -0.39 is 0 Å². The van der Waals surface area contributed by atoms with Crippen LogP contribution in [-0.2, 0) is 32.2 Å². The zero-order valence-electron chi connectivity index (χ0n) is 70.5. The van der Waals surface area contributed by atoms with Crippen LogP contribution in [0, 0.1) is 41.5 Å². The molecule has 0 N–H and O–H groups in total. The maximum absolute atomic E-state index is 4.51. The third-order valence-electron chi connectivity index (χ3n) is 28.3. The second-order valence-electron chi connectivity index (χ2n) is 36.1. The smallest absolute Gasteiger partial charge is 0.0432 e. The highest BCUT2D eigenvalue weighted by Gasteiger charge is 2.44. The quantitative estimate of drug-likeness (QED) is 0.106. The van der Waals surface area contributed by atoms with Gasteiger partial charge < -0.3 is 24.5 Å². The molecule has 4 aromatic heterocycles. The fourth-order valence-corrected chi connectivity index (χ4v) is 22.6. The number of pyridine rings is 4. The van der Waals surface area contributed by atoms with Gasteiger partial charge in [-0.15, -0.1) is 0 Å². The standard InChI is InChI=1S/C22H28N2.3C21H26N2.C21H25N/c1-16-8-11-22-20(14-16)19-6-4-3-5-7-21(19)24(22)13-12-18-10-9-17(2)23-15-18;1-16-10-11-21-19(15-16)18-8-3-2-4-9-20(18)23(21)14-12-17-7-5-6-13-22-17;1-16-9-10-21-19(14-16)18-7-3-2-4-8-20(18)23(21)13-11-17-6-5-12-22-15-17;1-16-7-8-21-19(15-16)18-5-3-2-4-6-20(18)23(21)14-11-17-9-12-22-13-10-17;1-16-12-13-21-19(14-16)18-10-6-3-7-11-20(18)22(21)15-17-8-4-2-5-9-17/h8-11,14-15,19,21H,3-7,12-13H2,1-2H3;5-7,10-11,13,15,18,20H,2-4,8-9,12,14H2,1H3;5-6,9-10,12,14-15,18,20H,2-4,7-8,11,13H2,1H3;7-10,12-13,15,18,20H,2-6,11,14H2,1H3;2,4-5,8-9,12-14,18,20H,3,6-7,10-11,15H2,1H3/t19-,21-;4*18-,20-/m00000/s1. The van der Waals surface area contributed by atoms with Crippen molar-refractivity contribution in [1.29, 1.82) is 0 Å². The Morgan fingerprint density at radius 2 is 0.617 bits per heavy atom. The summed E-state index contributed by atoms with van der Waals surface area (Å²) in [5.74, 6) is 3.75. The molecule has 0 saturated heterocycles. The van der Waals surface area contributed by atoms with Gasteiger partial charge in [0.1, 0.15) is 0 Å². The minimum absolute atomic E-state index is 0.706. The van der Waals surface area contributed by atoms with Crippen LogP contribution in [0.1, 0.15) is 279 Å². The predicted octanol–water partition coefficient (Wildman–Crippen LogP) is 25.2. The van der Waals surface area contributed by atoms with Crippen LogP contribution in [0.5, 0.6) is 0 Å². The zero-order valence-corrected chi connectivity index (χ0v) is 70.5. The number of nitrogens with zero attached hydrogens (tertiary/aromatic N) is 9. The van der Waals surface area contributed by atoms with E-state index in [9.17, 15) is 0 Å². The molecule has 10 atom stereocenters. The third kappa shape index (κ3) is 19.0. The topological polar surface area (TPSA) is 67.8 Å². The molecule has 0 spiro atoms. The Bertz CT molecular complexity index is 4450. The molecule has 5 saturated carbocycles. The zero-order chi connectivity index (χ0) is 78.4. The van der Waals surface area contributed by atoms with Gasteiger partial charge in [-0.2, -0.15) is 0 Å². The van der Waals surface area contributed by atoms with E-state index in [4.69, 9.17) is 0 Å². The van der Waals surface area contributed by atoms with Crippen molar-refractivity contribution in [3.8, 4) is 0 Å². The summed E-state index contributed by atoms with van der Waals surface area (Å²) in [7, 11) is 0. The maximum Gasteiger partial charge on any atom is 0.0432 e. The maximum atomic E-state index is 4.51. The van der Waals surface area contributed by atoms with Gasteiger partial charge >= 0.3 is 0 Å². The Morgan fingerprint density at radius 1 is 0.261 bits per heavy atom. The van der Waals surface area contributed by atoms with Gasteiger partial charge in [0.25, 0.3) is 0 Å². The molecule has 10 aromatic rings. The van der Waals surface area contributed by atoms with Crippen LogP contribution in [-0.4, -0.2) is 76.3 Å². The first-order valence-corrected chi connectivity index (χ1v) is 45.5. The van der Waals surface area contributed by atoms with E-state index in [1.807, 2.05) is 49.3 Å². The van der Waals surface area contributed by atoms with Gasteiger partial charge in [-0.1, -0.05) is 233 Å². The first kappa shape index (κ1) is 79.7. The van der Waals surface area contributed by atoms with Crippen molar-refractivity contribution in [2.75, 3.05) is 50.7 Å². The van der Waals surface area contributed by atoms with Crippen molar-refractivity contribution in [2.45, 2.75) is 294 Å². The molecule has 5 aliphatic carbocycles. The number of benzene rings is 6. The molecule has 6 aromatic carbocycles. The van der Waals surface area contributed by atoms with E-state index >= 15 is 0 Å². The van der Waals surface area contributed by atoms with Gasteiger partial charge in [-0.3, -0.25) is 19.9 Å². The van der Waals surface area contributed by atoms with Crippen molar-refractivity contribution in [3.05, 3.63) is 302 Å². The lowest BCUT2D eigenvalue weighted by Crippen LogP contribution is -2.35. The average molecular weight is 1530 g/mol. The lowest BCUT2D eigenvalue weighted by molar-refractivity contribution is 0.496. The molecule has 0 bridgehead atoms. The van der Waals surface area contributed by atoms with E-state index in [0.717, 1.165) is 99.7 Å². The van der Waals surface area contributed by atoms with Crippen LogP contribution < -0.4 is 24.5 Å². The molecule has 115 heavy (non-hydrogen) atoms. The van der Waals surface area contributed by atoms with Gasteiger partial charge in [-0.25, -0.2) is 0 Å². The van der Waals surface area contributed by atoms with Crippen LogP contribution in [0.2, 0.25) is 0 Å². The molecule has 0 radical (unpaired) electrons. The van der Waals surface area contributed by atoms with Crippen LogP contribution >= 0.6 is 0 Å². The molecule has 5 fully saturated rings. The summed E-state index contributed by atoms with van der Waals surface area (Å²) in [4.78, 5) is 30.9. The molecule has 600 valence electrons. The summed E-state index contributed by atoms with van der Waals surface area (Å²) < 4.78 is 0.